The Balaban J connectivity index is 2.02. The lowest BCUT2D eigenvalue weighted by Gasteiger charge is -2.29. The summed E-state index contributed by atoms with van der Waals surface area (Å²) in [6.45, 7) is 5.78. The zero-order chi connectivity index (χ0) is 12.7. The standard InChI is InChI=1S/C11H16N6S/c1-3-9-13-8(6-18-9)11-15-14-10-7(2)17(12)5-4-16(10)11/h6-7H,3-5,12H2,1-2H3/t7-/m0/s1. The fourth-order valence-corrected chi connectivity index (χ4v) is 2.89. The highest BCUT2D eigenvalue weighted by Gasteiger charge is 2.27. The number of hydrogen-bond donors (Lipinski definition) is 1. The predicted molar refractivity (Wildman–Crippen MR) is 69.8 cm³/mol. The van der Waals surface area contributed by atoms with E-state index in [1.165, 1.54) is 0 Å². The van der Waals surface area contributed by atoms with Gasteiger partial charge < -0.3 is 4.57 Å². The Bertz CT molecular complexity index is 560. The van der Waals surface area contributed by atoms with Crippen LogP contribution in [0.4, 0.5) is 0 Å². The first-order valence-electron chi connectivity index (χ1n) is 6.10. The first-order chi connectivity index (χ1) is 8.70. The molecule has 0 spiro atoms. The average molecular weight is 264 g/mol. The van der Waals surface area contributed by atoms with E-state index in [-0.39, 0.29) is 6.04 Å². The minimum Gasteiger partial charge on any atom is -0.307 e. The van der Waals surface area contributed by atoms with Crippen LogP contribution in [0.3, 0.4) is 0 Å². The zero-order valence-corrected chi connectivity index (χ0v) is 11.3. The van der Waals surface area contributed by atoms with Crippen molar-refractivity contribution in [2.45, 2.75) is 32.9 Å². The predicted octanol–water partition coefficient (Wildman–Crippen LogP) is 1.21. The van der Waals surface area contributed by atoms with Crippen molar-refractivity contribution in [2.24, 2.45) is 5.84 Å². The second-order valence-electron chi connectivity index (χ2n) is 4.43. The van der Waals surface area contributed by atoms with Crippen LogP contribution in [-0.4, -0.2) is 31.3 Å². The summed E-state index contributed by atoms with van der Waals surface area (Å²) >= 11 is 1.67. The number of aromatic nitrogens is 4. The van der Waals surface area contributed by atoms with Crippen LogP contribution in [0.25, 0.3) is 11.5 Å². The van der Waals surface area contributed by atoms with Gasteiger partial charge in [-0.1, -0.05) is 6.92 Å². The van der Waals surface area contributed by atoms with Gasteiger partial charge in [0, 0.05) is 18.5 Å². The van der Waals surface area contributed by atoms with Gasteiger partial charge in [0.15, 0.2) is 11.6 Å². The molecular weight excluding hydrogens is 248 g/mol. The average Bonchev–Trinajstić information content (AvgIpc) is 2.99. The number of fused-ring (bicyclic) bond motifs is 1. The Morgan fingerprint density at radius 2 is 2.28 bits per heavy atom. The largest absolute Gasteiger partial charge is 0.307 e. The molecule has 1 aliphatic heterocycles. The third-order valence-corrected chi connectivity index (χ3v) is 4.31. The Kier molecular flexibility index (Phi) is 2.89. The molecular formula is C11H16N6S. The third kappa shape index (κ3) is 1.75. The quantitative estimate of drug-likeness (QED) is 0.825. The first kappa shape index (κ1) is 11.8. The molecule has 0 saturated heterocycles. The van der Waals surface area contributed by atoms with Gasteiger partial charge in [-0.25, -0.2) is 9.99 Å². The molecule has 2 aromatic rings. The van der Waals surface area contributed by atoms with Crippen LogP contribution in [0.15, 0.2) is 5.38 Å². The fraction of sp³-hybridized carbons (Fsp3) is 0.545. The van der Waals surface area contributed by atoms with Crippen molar-refractivity contribution in [3.05, 3.63) is 16.2 Å². The summed E-state index contributed by atoms with van der Waals surface area (Å²) in [5.74, 6) is 7.69. The van der Waals surface area contributed by atoms with E-state index in [0.29, 0.717) is 0 Å². The van der Waals surface area contributed by atoms with E-state index in [0.717, 1.165) is 41.9 Å². The number of rotatable bonds is 2. The number of hydrogen-bond acceptors (Lipinski definition) is 6. The second-order valence-corrected chi connectivity index (χ2v) is 5.37. The third-order valence-electron chi connectivity index (χ3n) is 3.32. The fourth-order valence-electron chi connectivity index (χ4n) is 2.17. The minimum absolute atomic E-state index is 0.101. The lowest BCUT2D eigenvalue weighted by molar-refractivity contribution is 0.168. The van der Waals surface area contributed by atoms with Crippen molar-refractivity contribution in [3.8, 4) is 11.5 Å². The molecule has 96 valence electrons. The van der Waals surface area contributed by atoms with Crippen LogP contribution >= 0.6 is 11.3 Å². The molecule has 0 bridgehead atoms. The SMILES string of the molecule is CCc1nc(-c2nnc3n2CCN(N)[C@H]3C)cs1. The Labute approximate surface area is 109 Å². The monoisotopic (exact) mass is 264 g/mol. The van der Waals surface area contributed by atoms with E-state index in [1.54, 1.807) is 16.3 Å². The van der Waals surface area contributed by atoms with E-state index in [9.17, 15) is 0 Å². The Morgan fingerprint density at radius 3 is 3.00 bits per heavy atom. The van der Waals surface area contributed by atoms with Gasteiger partial charge in [0.05, 0.1) is 11.0 Å². The summed E-state index contributed by atoms with van der Waals surface area (Å²) < 4.78 is 2.13. The number of aryl methyl sites for hydroxylation is 1. The lowest BCUT2D eigenvalue weighted by atomic mass is 10.2. The lowest BCUT2D eigenvalue weighted by Crippen LogP contribution is -2.41. The normalized spacial score (nSPS) is 20.1. The molecule has 3 heterocycles. The van der Waals surface area contributed by atoms with Crippen LogP contribution in [0.1, 0.15) is 30.7 Å². The number of nitrogens with two attached hydrogens (primary N) is 1. The van der Waals surface area contributed by atoms with E-state index in [2.05, 4.69) is 32.1 Å². The maximum Gasteiger partial charge on any atom is 0.183 e. The number of hydrazine groups is 1. The van der Waals surface area contributed by atoms with Gasteiger partial charge in [0.1, 0.15) is 5.69 Å². The molecule has 0 saturated carbocycles. The molecule has 0 fully saturated rings. The summed E-state index contributed by atoms with van der Waals surface area (Å²) in [7, 11) is 0. The number of thiazole rings is 1. The van der Waals surface area contributed by atoms with Gasteiger partial charge in [-0.2, -0.15) is 0 Å². The molecule has 1 atom stereocenters. The highest BCUT2D eigenvalue weighted by atomic mass is 32.1. The summed E-state index contributed by atoms with van der Waals surface area (Å²) in [6, 6.07) is 0.101. The van der Waals surface area contributed by atoms with Crippen LogP contribution in [0, 0.1) is 0 Å². The summed E-state index contributed by atoms with van der Waals surface area (Å²) in [4.78, 5) is 4.57. The molecule has 0 aromatic carbocycles. The minimum atomic E-state index is 0.101. The van der Waals surface area contributed by atoms with Crippen molar-refractivity contribution < 1.29 is 0 Å². The molecule has 3 rings (SSSR count). The highest BCUT2D eigenvalue weighted by Crippen LogP contribution is 2.27. The summed E-state index contributed by atoms with van der Waals surface area (Å²) in [5, 5.41) is 13.5. The summed E-state index contributed by atoms with van der Waals surface area (Å²) in [6.07, 6.45) is 0.957. The molecule has 18 heavy (non-hydrogen) atoms. The molecule has 0 aliphatic carbocycles. The maximum absolute atomic E-state index is 5.91. The Hall–Kier alpha value is -1.31. The van der Waals surface area contributed by atoms with E-state index >= 15 is 0 Å². The van der Waals surface area contributed by atoms with E-state index in [4.69, 9.17) is 5.84 Å². The molecule has 0 radical (unpaired) electrons. The molecule has 7 heteroatoms. The molecule has 2 aromatic heterocycles. The molecule has 6 nitrogen and oxygen atoms in total. The second kappa shape index (κ2) is 4.42. The van der Waals surface area contributed by atoms with Gasteiger partial charge in [-0.15, -0.1) is 21.5 Å². The van der Waals surface area contributed by atoms with Gasteiger partial charge in [0.2, 0.25) is 0 Å². The van der Waals surface area contributed by atoms with E-state index in [1.807, 2.05) is 6.92 Å². The van der Waals surface area contributed by atoms with Gasteiger partial charge in [0.25, 0.3) is 0 Å². The first-order valence-corrected chi connectivity index (χ1v) is 6.98. The zero-order valence-electron chi connectivity index (χ0n) is 10.5. The van der Waals surface area contributed by atoms with Crippen molar-refractivity contribution in [1.29, 1.82) is 0 Å². The van der Waals surface area contributed by atoms with Crippen LogP contribution in [-0.2, 0) is 13.0 Å². The van der Waals surface area contributed by atoms with E-state index < -0.39 is 0 Å². The molecule has 0 unspecified atom stereocenters. The molecule has 0 amide bonds. The molecule has 2 N–H and O–H groups in total. The van der Waals surface area contributed by atoms with Crippen molar-refractivity contribution in [3.63, 3.8) is 0 Å². The molecule has 1 aliphatic rings. The van der Waals surface area contributed by atoms with Gasteiger partial charge >= 0.3 is 0 Å². The van der Waals surface area contributed by atoms with Crippen LogP contribution in [0.2, 0.25) is 0 Å². The van der Waals surface area contributed by atoms with Crippen LogP contribution < -0.4 is 5.84 Å². The van der Waals surface area contributed by atoms with Crippen molar-refractivity contribution in [1.82, 2.24) is 24.8 Å². The Morgan fingerprint density at radius 1 is 1.44 bits per heavy atom. The van der Waals surface area contributed by atoms with Crippen molar-refractivity contribution in [2.75, 3.05) is 6.54 Å². The summed E-state index contributed by atoms with van der Waals surface area (Å²) in [5.41, 5.74) is 0.924. The smallest absolute Gasteiger partial charge is 0.183 e. The van der Waals surface area contributed by atoms with Crippen LogP contribution in [0.5, 0.6) is 0 Å². The van der Waals surface area contributed by atoms with Crippen molar-refractivity contribution >= 4 is 11.3 Å². The highest BCUT2D eigenvalue weighted by molar-refractivity contribution is 7.09. The van der Waals surface area contributed by atoms with Gasteiger partial charge in [-0.05, 0) is 13.3 Å². The number of nitrogens with zero attached hydrogens (tertiary/aromatic N) is 5. The maximum atomic E-state index is 5.91. The van der Waals surface area contributed by atoms with Gasteiger partial charge in [-0.3, -0.25) is 5.84 Å². The topological polar surface area (TPSA) is 72.9 Å².